The molecule has 4 aromatic rings. The summed E-state index contributed by atoms with van der Waals surface area (Å²) in [4.78, 5) is 0. The monoisotopic (exact) mass is 1740 g/mol. The maximum atomic E-state index is 12.1. The number of benzene rings is 4. The van der Waals surface area contributed by atoms with Gasteiger partial charge in [-0.05, 0) is 51.4 Å². The fourth-order valence-corrected chi connectivity index (χ4v) is 13.6. The van der Waals surface area contributed by atoms with Crippen molar-refractivity contribution in [2.24, 2.45) is 0 Å². The van der Waals surface area contributed by atoms with Gasteiger partial charge in [-0.2, -0.15) is 0 Å². The van der Waals surface area contributed by atoms with Gasteiger partial charge in [0.25, 0.3) is 0 Å². The molecule has 0 amide bonds. The van der Waals surface area contributed by atoms with Crippen molar-refractivity contribution in [3.05, 3.63) is 93.0 Å². The number of nitrogens with zero attached hydrogens (tertiary/aromatic N) is 2. The van der Waals surface area contributed by atoms with Crippen LogP contribution in [0.2, 0.25) is 0 Å². The van der Waals surface area contributed by atoms with Crippen LogP contribution in [0, 0.1) is 0 Å². The molecule has 12 heteroatoms. The van der Waals surface area contributed by atoms with Crippen LogP contribution in [0.1, 0.15) is 369 Å². The number of unbranched alkanes of at least 4 members (excludes halogenated alkanes) is 8. The quantitative estimate of drug-likeness (QED) is 0.0516. The molecule has 0 saturated carbocycles. The van der Waals surface area contributed by atoms with Gasteiger partial charge in [0.15, 0.2) is 0 Å². The second kappa shape index (κ2) is 47.8. The van der Waals surface area contributed by atoms with E-state index in [0.717, 1.165) is 40.1 Å². The van der Waals surface area contributed by atoms with Crippen LogP contribution in [0.5, 0.6) is 23.0 Å². The zero-order valence-electron chi connectivity index (χ0n) is 70.4. The molecule has 0 aliphatic heterocycles. The largest absolute Gasteiger partial charge is 3.00 e. The summed E-state index contributed by atoms with van der Waals surface area (Å²) in [5.41, 5.74) is 8.34. The molecule has 4 aromatic carbocycles. The van der Waals surface area contributed by atoms with Crippen LogP contribution in [0.25, 0.3) is 0 Å². The van der Waals surface area contributed by atoms with Crippen molar-refractivity contribution >= 4 is 81.9 Å². The van der Waals surface area contributed by atoms with Crippen LogP contribution in [0.15, 0.2) is 48.5 Å². The van der Waals surface area contributed by atoms with E-state index in [0.29, 0.717) is 0 Å². The molecule has 0 aromatic heterocycles. The minimum atomic E-state index is -0.100. The smallest absolute Gasteiger partial charge is 0.324 e. The third-order valence-corrected chi connectivity index (χ3v) is 21.3. The third kappa shape index (κ3) is 39.3. The fourth-order valence-electron chi connectivity index (χ4n) is 11.7. The van der Waals surface area contributed by atoms with E-state index in [4.69, 9.17) is 0 Å². The van der Waals surface area contributed by atoms with Gasteiger partial charge in [0.2, 0.25) is 0 Å². The number of hydrogen-bond acceptors (Lipinski definition) is 4. The van der Waals surface area contributed by atoms with Crippen LogP contribution >= 0.6 is 0 Å². The summed E-state index contributed by atoms with van der Waals surface area (Å²) in [5, 5.41) is 48.3. The Labute approximate surface area is 674 Å². The van der Waals surface area contributed by atoms with E-state index in [1.54, 1.807) is 0 Å². The summed E-state index contributed by atoms with van der Waals surface area (Å²) < 4.78 is 5.77. The normalized spacial score (nSPS) is 12.3. The molecule has 0 atom stereocenters. The van der Waals surface area contributed by atoms with E-state index in [9.17, 15) is 20.4 Å². The molecule has 6 nitrogen and oxygen atoms in total. The Balaban J connectivity index is -0.000000551. The Morgan fingerprint density at radius 3 is 0.440 bits per heavy atom. The van der Waals surface area contributed by atoms with Crippen molar-refractivity contribution in [3.8, 4) is 23.0 Å². The van der Waals surface area contributed by atoms with Gasteiger partial charge in [0.1, 0.15) is 0 Å². The molecule has 582 valence electrons. The Hall–Kier alpha value is -0.935. The molecule has 0 N–H and O–H groups in total. The summed E-state index contributed by atoms with van der Waals surface area (Å²) in [6.45, 7) is 81.0. The van der Waals surface area contributed by atoms with E-state index in [2.05, 4.69) is 310 Å². The van der Waals surface area contributed by atoms with E-state index >= 15 is 0 Å². The second-order valence-electron chi connectivity index (χ2n) is 36.7. The van der Waals surface area contributed by atoms with Crippen LogP contribution in [-0.2, 0) is 76.3 Å². The van der Waals surface area contributed by atoms with Gasteiger partial charge in [-0.15, -0.1) is 0 Å². The average molecular weight is 1740 g/mol. The first-order chi connectivity index (χ1) is 44.6. The zero-order chi connectivity index (χ0) is 76.9. The first kappa shape index (κ1) is 105. The minimum absolute atomic E-state index is 0. The van der Waals surface area contributed by atoms with Gasteiger partial charge < -0.3 is 8.97 Å². The molecule has 4 rings (SSSR count). The van der Waals surface area contributed by atoms with Gasteiger partial charge in [0, 0.05) is 0 Å². The molecular weight excluding hydrogens is 1580 g/mol. The van der Waals surface area contributed by atoms with Crippen molar-refractivity contribution in [3.63, 3.8) is 0 Å². The van der Waals surface area contributed by atoms with Crippen LogP contribution in [0.4, 0.5) is 0 Å². The van der Waals surface area contributed by atoms with E-state index in [1.807, 2.05) is 24.3 Å². The number of quaternary nitrogens is 2. The molecule has 0 spiro atoms. The summed E-state index contributed by atoms with van der Waals surface area (Å²) >= 11 is 11.5. The molecule has 0 aliphatic rings. The van der Waals surface area contributed by atoms with Gasteiger partial charge in [-0.1, -0.05) is 107 Å². The molecule has 0 fully saturated rings. The van der Waals surface area contributed by atoms with Crippen molar-refractivity contribution in [1.82, 2.24) is 0 Å². The number of hydrogen-bond donors (Lipinski definition) is 0. The molecule has 100 heavy (non-hydrogen) atoms. The van der Waals surface area contributed by atoms with Gasteiger partial charge in [-0.3, -0.25) is 0 Å². The summed E-state index contributed by atoms with van der Waals surface area (Å²) in [6, 6.07) is 16.1. The Bertz CT molecular complexity index is 2460. The van der Waals surface area contributed by atoms with Crippen molar-refractivity contribution < 1.29 is 62.4 Å². The topological polar surface area (TPSA) is 92.2 Å². The van der Waals surface area contributed by atoms with Gasteiger partial charge in [-0.25, -0.2) is 0 Å². The average Bonchev–Trinajstić information content (AvgIpc) is 0.813. The Morgan fingerprint density at radius 2 is 0.350 bits per heavy atom. The third-order valence-electron chi connectivity index (χ3n) is 18.8. The summed E-state index contributed by atoms with van der Waals surface area (Å²) in [5.74, 6) is 0.557. The van der Waals surface area contributed by atoms with Crippen molar-refractivity contribution in [2.75, 3.05) is 52.4 Å². The number of rotatable bonds is 24. The second-order valence-corrected chi connectivity index (χ2v) is 40.4. The van der Waals surface area contributed by atoms with Crippen LogP contribution < -0.4 is 38.3 Å². The summed E-state index contributed by atoms with van der Waals surface area (Å²) in [7, 11) is 0. The van der Waals surface area contributed by atoms with Crippen LogP contribution in [-0.4, -0.2) is 125 Å². The first-order valence-corrected chi connectivity index (χ1v) is 41.9. The molecule has 2 radical (unpaired) electrons. The SMILES string of the molecule is CC(C)(C)c1cc([Se-])c([O-])c(C(C)(C)C)c1.CC(C)(C)c1cc([Se-])c([O-])c(C(C)(C)C)c1.CC(C)(C)c1cc([Se-])c([O-])c(C(C)(C)C)c1.CC(C)(C)c1cc([Se-])c([O-])c(C(C)(C)C)c1.CCCC[N+](CCCC)(CCCC)CCCC.CCCC[N+](CCCC)(CCCC)CCCC.[Ni+3].[Ni+3]. The van der Waals surface area contributed by atoms with E-state index in [1.165, 1.54) is 186 Å². The predicted octanol–water partition coefficient (Wildman–Crippen LogP) is 18.6. The van der Waals surface area contributed by atoms with Crippen molar-refractivity contribution in [2.45, 2.75) is 368 Å². The van der Waals surface area contributed by atoms with Gasteiger partial charge in [0.05, 0.1) is 52.4 Å². The summed E-state index contributed by atoms with van der Waals surface area (Å²) in [6.07, 6.45) is 22.1. The molecule has 0 saturated heterocycles. The minimum Gasteiger partial charge on any atom is -0.324 e. The maximum Gasteiger partial charge on any atom is 3.00 e. The first-order valence-electron chi connectivity index (χ1n) is 38.4. The standard InChI is InChI=1S/2C16H36N.4C14H22OSe.2Ni/c2*1-5-9-13-17(14-10-6-2,15-11-7-3)16-12-8-4;4*1-13(2,3)9-7-10(14(4,5)6)12(15)11(16)8-9;;/h2*5-16H2,1-4H3;4*7-8,15-16H,1-6H3;;/q2*+1;;;;;2*+3/p-8. The molecular formula is C88H152N2Ni2O4Se4. The van der Waals surface area contributed by atoms with Crippen LogP contribution in [0.3, 0.4) is 0 Å². The van der Waals surface area contributed by atoms with Gasteiger partial charge >= 0.3 is 461 Å². The fraction of sp³-hybridized carbons (Fsp3) is 0.727. The maximum absolute atomic E-state index is 12.1. The van der Waals surface area contributed by atoms with Crippen molar-refractivity contribution in [1.29, 1.82) is 0 Å². The molecule has 0 bridgehead atoms. The Kier molecular flexibility index (Phi) is 50.4. The molecule has 0 unspecified atom stereocenters. The van der Waals surface area contributed by atoms with E-state index in [-0.39, 0.29) is 99.3 Å². The molecule has 0 heterocycles. The van der Waals surface area contributed by atoms with E-state index < -0.39 is 0 Å². The molecule has 0 aliphatic carbocycles. The zero-order valence-corrected chi connectivity index (χ0v) is 79.2. The Morgan fingerprint density at radius 1 is 0.230 bits per heavy atom. The predicted molar refractivity (Wildman–Crippen MR) is 433 cm³/mol.